The van der Waals surface area contributed by atoms with Crippen LogP contribution in [0.4, 0.5) is 0 Å². The van der Waals surface area contributed by atoms with Crippen LogP contribution < -0.4 is 5.32 Å². The summed E-state index contributed by atoms with van der Waals surface area (Å²) < 4.78 is 1.03. The highest BCUT2D eigenvalue weighted by atomic mass is 79.9. The van der Waals surface area contributed by atoms with Crippen molar-refractivity contribution in [2.24, 2.45) is 5.92 Å². The number of benzene rings is 1. The molecule has 1 aromatic rings. The van der Waals surface area contributed by atoms with Crippen molar-refractivity contribution in [1.82, 2.24) is 5.32 Å². The fourth-order valence-electron chi connectivity index (χ4n) is 1.76. The van der Waals surface area contributed by atoms with Gasteiger partial charge in [0.25, 0.3) is 0 Å². The maximum absolute atomic E-state index is 11.9. The lowest BCUT2D eigenvalue weighted by Gasteiger charge is -2.16. The topological polar surface area (TPSA) is 49.3 Å². The number of hydrogen-bond donors (Lipinski definition) is 2. The van der Waals surface area contributed by atoms with Crippen molar-refractivity contribution >= 4 is 21.8 Å². The van der Waals surface area contributed by atoms with Crippen LogP contribution in [0.5, 0.6) is 0 Å². The summed E-state index contributed by atoms with van der Waals surface area (Å²) in [5.74, 6) is -0.0311. The summed E-state index contributed by atoms with van der Waals surface area (Å²) in [6.45, 7) is 3.98. The van der Waals surface area contributed by atoms with Crippen molar-refractivity contribution in [3.8, 4) is 0 Å². The van der Waals surface area contributed by atoms with Crippen LogP contribution in [0.3, 0.4) is 0 Å². The summed E-state index contributed by atoms with van der Waals surface area (Å²) in [5.41, 5.74) is 1.14. The molecule has 1 amide bonds. The van der Waals surface area contributed by atoms with Gasteiger partial charge in [0.2, 0.25) is 5.91 Å². The Bertz CT molecular complexity index is 393. The molecule has 0 heterocycles. The first-order valence-corrected chi connectivity index (χ1v) is 7.02. The van der Waals surface area contributed by atoms with E-state index in [1.54, 1.807) is 6.92 Å². The molecule has 2 atom stereocenters. The van der Waals surface area contributed by atoms with Crippen LogP contribution in [0, 0.1) is 5.92 Å². The van der Waals surface area contributed by atoms with Crippen LogP contribution in [0.1, 0.15) is 25.8 Å². The van der Waals surface area contributed by atoms with Crippen LogP contribution in [-0.2, 0) is 11.2 Å². The average molecular weight is 314 g/mol. The highest BCUT2D eigenvalue weighted by Crippen LogP contribution is 2.17. The molecule has 0 saturated carbocycles. The number of aliphatic hydroxyl groups is 1. The van der Waals surface area contributed by atoms with Gasteiger partial charge < -0.3 is 10.4 Å². The predicted molar refractivity (Wildman–Crippen MR) is 76.3 cm³/mol. The van der Waals surface area contributed by atoms with E-state index in [1.807, 2.05) is 31.2 Å². The third-order valence-electron chi connectivity index (χ3n) is 2.81. The molecule has 0 aliphatic carbocycles. The second-order valence-corrected chi connectivity index (χ2v) is 5.45. The monoisotopic (exact) mass is 313 g/mol. The molecule has 0 bridgehead atoms. The van der Waals surface area contributed by atoms with E-state index in [4.69, 9.17) is 5.11 Å². The van der Waals surface area contributed by atoms with Crippen LogP contribution in [-0.4, -0.2) is 23.7 Å². The molecule has 2 N–H and O–H groups in total. The molecule has 0 saturated heterocycles. The minimum atomic E-state index is -0.502. The van der Waals surface area contributed by atoms with Gasteiger partial charge in [0.1, 0.15) is 0 Å². The van der Waals surface area contributed by atoms with Crippen LogP contribution in [0.2, 0.25) is 0 Å². The maximum atomic E-state index is 11.9. The first kappa shape index (κ1) is 15.2. The Morgan fingerprint density at radius 2 is 2.22 bits per heavy atom. The van der Waals surface area contributed by atoms with Gasteiger partial charge in [-0.05, 0) is 37.5 Å². The third-order valence-corrected chi connectivity index (χ3v) is 3.30. The molecular weight excluding hydrogens is 294 g/mol. The maximum Gasteiger partial charge on any atom is 0.223 e. The zero-order valence-electron chi connectivity index (χ0n) is 10.8. The van der Waals surface area contributed by atoms with Gasteiger partial charge in [-0.25, -0.2) is 0 Å². The lowest BCUT2D eigenvalue weighted by Crippen LogP contribution is -2.36. The van der Waals surface area contributed by atoms with E-state index < -0.39 is 6.10 Å². The smallest absolute Gasteiger partial charge is 0.223 e. The first-order chi connectivity index (χ1) is 8.52. The standard InChI is InChI=1S/C14H20BrNO2/c1-3-12(14(18)16-9-10(2)17)7-11-5-4-6-13(15)8-11/h4-6,8,10,12,17H,3,7,9H2,1-2H3,(H,16,18). The van der Waals surface area contributed by atoms with Gasteiger partial charge >= 0.3 is 0 Å². The molecule has 0 aliphatic heterocycles. The number of halogens is 1. The Morgan fingerprint density at radius 3 is 2.78 bits per heavy atom. The van der Waals surface area contributed by atoms with Gasteiger partial charge in [-0.15, -0.1) is 0 Å². The molecular formula is C14H20BrNO2. The molecule has 4 heteroatoms. The molecule has 0 aromatic heterocycles. The number of amides is 1. The lowest BCUT2D eigenvalue weighted by atomic mass is 9.96. The lowest BCUT2D eigenvalue weighted by molar-refractivity contribution is -0.125. The van der Waals surface area contributed by atoms with E-state index in [9.17, 15) is 4.79 Å². The molecule has 1 aromatic carbocycles. The molecule has 0 aliphatic rings. The van der Waals surface area contributed by atoms with Crippen molar-refractivity contribution in [1.29, 1.82) is 0 Å². The van der Waals surface area contributed by atoms with E-state index in [-0.39, 0.29) is 11.8 Å². The average Bonchev–Trinajstić information content (AvgIpc) is 2.33. The fourth-order valence-corrected chi connectivity index (χ4v) is 2.21. The molecule has 100 valence electrons. The summed E-state index contributed by atoms with van der Waals surface area (Å²) in [6, 6.07) is 8.00. The third kappa shape index (κ3) is 5.19. The zero-order valence-corrected chi connectivity index (χ0v) is 12.4. The van der Waals surface area contributed by atoms with Gasteiger partial charge in [-0.2, -0.15) is 0 Å². The fraction of sp³-hybridized carbons (Fsp3) is 0.500. The molecule has 0 radical (unpaired) electrons. The normalized spacial score (nSPS) is 14.0. The van der Waals surface area contributed by atoms with E-state index in [2.05, 4.69) is 21.2 Å². The van der Waals surface area contributed by atoms with Gasteiger partial charge in [0.15, 0.2) is 0 Å². The zero-order chi connectivity index (χ0) is 13.5. The molecule has 1 rings (SSSR count). The van der Waals surface area contributed by atoms with E-state index in [0.717, 1.165) is 22.9 Å². The Kier molecular flexibility index (Phi) is 6.36. The van der Waals surface area contributed by atoms with E-state index in [0.29, 0.717) is 6.54 Å². The summed E-state index contributed by atoms with van der Waals surface area (Å²) >= 11 is 3.43. The number of hydrogen-bond acceptors (Lipinski definition) is 2. The molecule has 2 unspecified atom stereocenters. The SMILES string of the molecule is CCC(Cc1cccc(Br)c1)C(=O)NCC(C)O. The van der Waals surface area contributed by atoms with Crippen LogP contribution in [0.25, 0.3) is 0 Å². The Labute approximate surface area is 117 Å². The number of rotatable bonds is 6. The van der Waals surface area contributed by atoms with Gasteiger partial charge in [0, 0.05) is 16.9 Å². The highest BCUT2D eigenvalue weighted by molar-refractivity contribution is 9.10. The van der Waals surface area contributed by atoms with Crippen molar-refractivity contribution in [2.75, 3.05) is 6.54 Å². The Hall–Kier alpha value is -0.870. The van der Waals surface area contributed by atoms with Crippen molar-refractivity contribution in [3.05, 3.63) is 34.3 Å². The van der Waals surface area contributed by atoms with Crippen LogP contribution in [0.15, 0.2) is 28.7 Å². The first-order valence-electron chi connectivity index (χ1n) is 6.23. The molecule has 18 heavy (non-hydrogen) atoms. The van der Waals surface area contributed by atoms with Crippen molar-refractivity contribution in [2.45, 2.75) is 32.8 Å². The highest BCUT2D eigenvalue weighted by Gasteiger charge is 2.17. The second-order valence-electron chi connectivity index (χ2n) is 4.53. The van der Waals surface area contributed by atoms with E-state index >= 15 is 0 Å². The van der Waals surface area contributed by atoms with E-state index in [1.165, 1.54) is 0 Å². The van der Waals surface area contributed by atoms with Crippen LogP contribution >= 0.6 is 15.9 Å². The largest absolute Gasteiger partial charge is 0.392 e. The van der Waals surface area contributed by atoms with Gasteiger partial charge in [-0.3, -0.25) is 4.79 Å². The summed E-state index contributed by atoms with van der Waals surface area (Å²) in [7, 11) is 0. The minimum absolute atomic E-state index is 0.0124. The Morgan fingerprint density at radius 1 is 1.50 bits per heavy atom. The predicted octanol–water partition coefficient (Wildman–Crippen LogP) is 2.51. The quantitative estimate of drug-likeness (QED) is 0.848. The minimum Gasteiger partial charge on any atom is -0.392 e. The Balaban J connectivity index is 2.58. The van der Waals surface area contributed by atoms with Crippen molar-refractivity contribution < 1.29 is 9.90 Å². The summed E-state index contributed by atoms with van der Waals surface area (Å²) in [4.78, 5) is 11.9. The number of carbonyl (C=O) groups is 1. The number of nitrogens with one attached hydrogen (secondary N) is 1. The van der Waals surface area contributed by atoms with Crippen molar-refractivity contribution in [3.63, 3.8) is 0 Å². The van der Waals surface area contributed by atoms with Gasteiger partial charge in [0.05, 0.1) is 6.10 Å². The summed E-state index contributed by atoms with van der Waals surface area (Å²) in [5, 5.41) is 11.9. The second kappa shape index (κ2) is 7.54. The number of carbonyl (C=O) groups excluding carboxylic acids is 1. The molecule has 0 spiro atoms. The summed E-state index contributed by atoms with van der Waals surface area (Å²) in [6.07, 6.45) is 1.01. The van der Waals surface area contributed by atoms with Gasteiger partial charge in [-0.1, -0.05) is 35.0 Å². The number of aliphatic hydroxyl groups excluding tert-OH is 1. The molecule has 0 fully saturated rings. The molecule has 3 nitrogen and oxygen atoms in total.